The molecule has 1 spiro atoms. The number of halogens is 1. The Morgan fingerprint density at radius 2 is 2.16 bits per heavy atom. The largest absolute Gasteiger partial charge is 0.305 e. The van der Waals surface area contributed by atoms with Crippen LogP contribution >= 0.6 is 27.7 Å². The molecule has 0 saturated heterocycles. The molecule has 0 saturated carbocycles. The summed E-state index contributed by atoms with van der Waals surface area (Å²) in [6.45, 7) is 6.68. The molecule has 130 valence electrons. The number of amides is 3. The van der Waals surface area contributed by atoms with Gasteiger partial charge in [-0.15, -0.1) is 11.7 Å². The molecule has 1 atom stereocenters. The van der Waals surface area contributed by atoms with Gasteiger partial charge in [-0.2, -0.15) is 5.01 Å². The second-order valence-corrected chi connectivity index (χ2v) is 7.63. The number of nitrogens with zero attached hydrogens (tertiary/aromatic N) is 3. The first-order chi connectivity index (χ1) is 11.8. The molecule has 2 aliphatic rings. The fraction of sp³-hybridized carbons (Fsp3) is 0.250. The van der Waals surface area contributed by atoms with Crippen LogP contribution < -0.4 is 10.2 Å². The van der Waals surface area contributed by atoms with Crippen LogP contribution in [0.3, 0.4) is 0 Å². The van der Waals surface area contributed by atoms with Gasteiger partial charge in [-0.05, 0) is 30.0 Å². The molecule has 7 nitrogen and oxygen atoms in total. The maximum Gasteiger partial charge on any atom is 0.271 e. The van der Waals surface area contributed by atoms with Gasteiger partial charge in [-0.25, -0.2) is 0 Å². The number of benzene rings is 1. The van der Waals surface area contributed by atoms with E-state index in [0.29, 0.717) is 17.8 Å². The first-order valence-corrected chi connectivity index (χ1v) is 9.01. The maximum atomic E-state index is 13.3. The van der Waals surface area contributed by atoms with E-state index in [1.54, 1.807) is 17.0 Å². The van der Waals surface area contributed by atoms with Crippen LogP contribution in [0.25, 0.3) is 0 Å². The molecule has 1 aromatic carbocycles. The predicted octanol–water partition coefficient (Wildman–Crippen LogP) is 2.14. The summed E-state index contributed by atoms with van der Waals surface area (Å²) in [6, 6.07) is 5.44. The van der Waals surface area contributed by atoms with Crippen molar-refractivity contribution >= 4 is 56.3 Å². The lowest BCUT2D eigenvalue weighted by molar-refractivity contribution is -0.139. The number of thioether (sulfide) groups is 1. The van der Waals surface area contributed by atoms with Crippen LogP contribution in [0.1, 0.15) is 19.4 Å². The zero-order valence-corrected chi connectivity index (χ0v) is 16.0. The van der Waals surface area contributed by atoms with E-state index < -0.39 is 10.8 Å². The van der Waals surface area contributed by atoms with Gasteiger partial charge in [-0.3, -0.25) is 14.4 Å². The van der Waals surface area contributed by atoms with E-state index in [1.807, 2.05) is 12.1 Å². The second kappa shape index (κ2) is 6.30. The van der Waals surface area contributed by atoms with Gasteiger partial charge >= 0.3 is 0 Å². The minimum atomic E-state index is -1.37. The predicted molar refractivity (Wildman–Crippen MR) is 99.7 cm³/mol. The minimum absolute atomic E-state index is 0.211. The molecule has 0 aromatic heterocycles. The zero-order valence-electron chi connectivity index (χ0n) is 13.6. The van der Waals surface area contributed by atoms with Gasteiger partial charge in [0.25, 0.3) is 5.91 Å². The summed E-state index contributed by atoms with van der Waals surface area (Å²) < 4.78 is 0.774. The summed E-state index contributed by atoms with van der Waals surface area (Å²) in [6.07, 6.45) is 1.62. The Morgan fingerprint density at radius 3 is 2.76 bits per heavy atom. The van der Waals surface area contributed by atoms with Crippen molar-refractivity contribution in [3.63, 3.8) is 0 Å². The van der Waals surface area contributed by atoms with Crippen LogP contribution in [0.5, 0.6) is 0 Å². The third-order valence-electron chi connectivity index (χ3n) is 3.78. The van der Waals surface area contributed by atoms with Crippen LogP contribution in [0, 0.1) is 0 Å². The normalized spacial score (nSPS) is 21.4. The van der Waals surface area contributed by atoms with E-state index in [9.17, 15) is 14.4 Å². The summed E-state index contributed by atoms with van der Waals surface area (Å²) in [5.74, 6) is -1.02. The molecule has 9 heteroatoms. The van der Waals surface area contributed by atoms with Crippen molar-refractivity contribution in [1.82, 2.24) is 10.3 Å². The summed E-state index contributed by atoms with van der Waals surface area (Å²) in [4.78, 5) is 37.1. The summed E-state index contributed by atoms with van der Waals surface area (Å²) in [5, 5.41) is 8.10. The number of hydrogen-bond donors (Lipinski definition) is 1. The number of hydrazone groups is 1. The SMILES string of the molecule is C=CCN1C(=O)[C@]2(SC(NC(C)=O)=NN2C(C)=O)c2cc(Br)ccc21. The highest BCUT2D eigenvalue weighted by molar-refractivity contribution is 9.10. The molecule has 2 aliphatic heterocycles. The smallest absolute Gasteiger partial charge is 0.271 e. The van der Waals surface area contributed by atoms with Gasteiger partial charge in [0, 0.05) is 30.4 Å². The molecule has 1 N–H and O–H groups in total. The molecule has 3 amide bonds. The summed E-state index contributed by atoms with van der Waals surface area (Å²) >= 11 is 4.47. The Hall–Kier alpha value is -2.13. The Bertz CT molecular complexity index is 841. The van der Waals surface area contributed by atoms with Crippen molar-refractivity contribution in [2.75, 3.05) is 11.4 Å². The van der Waals surface area contributed by atoms with E-state index in [1.165, 1.54) is 13.8 Å². The standard InChI is InChI=1S/C16H15BrN4O3S/c1-4-7-20-13-6-5-11(17)8-12(13)16(14(20)24)21(10(3)23)19-15(25-16)18-9(2)22/h4-6,8H,1,7H2,2-3H3,(H,18,19,22)/t16-/m1/s1. The Balaban J connectivity index is 2.18. The fourth-order valence-corrected chi connectivity index (χ4v) is 4.58. The van der Waals surface area contributed by atoms with E-state index in [4.69, 9.17) is 0 Å². The summed E-state index contributed by atoms with van der Waals surface area (Å²) in [5.41, 5.74) is 1.32. The molecular formula is C16H15BrN4O3S. The Labute approximate surface area is 157 Å². The van der Waals surface area contributed by atoms with Crippen molar-refractivity contribution in [1.29, 1.82) is 0 Å². The lowest BCUT2D eigenvalue weighted by Gasteiger charge is -2.29. The van der Waals surface area contributed by atoms with Crippen LogP contribution in [0.2, 0.25) is 0 Å². The van der Waals surface area contributed by atoms with Crippen molar-refractivity contribution < 1.29 is 14.4 Å². The second-order valence-electron chi connectivity index (χ2n) is 5.53. The lowest BCUT2D eigenvalue weighted by atomic mass is 10.1. The number of nitrogens with one attached hydrogen (secondary N) is 1. The van der Waals surface area contributed by atoms with Crippen LogP contribution in [0.15, 0.2) is 40.4 Å². The molecule has 0 radical (unpaired) electrons. The minimum Gasteiger partial charge on any atom is -0.305 e. The average Bonchev–Trinajstić information content (AvgIpc) is 3.00. The Kier molecular flexibility index (Phi) is 4.46. The molecule has 0 bridgehead atoms. The number of anilines is 1. The average molecular weight is 423 g/mol. The number of fused-ring (bicyclic) bond motifs is 2. The number of rotatable bonds is 2. The first kappa shape index (κ1) is 17.7. The first-order valence-electron chi connectivity index (χ1n) is 7.40. The molecule has 0 unspecified atom stereocenters. The van der Waals surface area contributed by atoms with Crippen molar-refractivity contribution in [3.05, 3.63) is 40.9 Å². The third-order valence-corrected chi connectivity index (χ3v) is 5.51. The third kappa shape index (κ3) is 2.67. The van der Waals surface area contributed by atoms with Gasteiger partial charge in [0.15, 0.2) is 5.17 Å². The fourth-order valence-electron chi connectivity index (χ4n) is 2.89. The topological polar surface area (TPSA) is 82.1 Å². The van der Waals surface area contributed by atoms with Crippen molar-refractivity contribution in [2.24, 2.45) is 5.10 Å². The van der Waals surface area contributed by atoms with E-state index >= 15 is 0 Å². The van der Waals surface area contributed by atoms with Gasteiger partial charge in [0.1, 0.15) is 0 Å². The number of carbonyl (C=O) groups excluding carboxylic acids is 3. The summed E-state index contributed by atoms with van der Waals surface area (Å²) in [7, 11) is 0. The highest BCUT2D eigenvalue weighted by Gasteiger charge is 2.61. The molecule has 0 aliphatic carbocycles. The van der Waals surface area contributed by atoms with Gasteiger partial charge in [0.2, 0.25) is 16.7 Å². The highest BCUT2D eigenvalue weighted by Crippen LogP contribution is 2.54. The van der Waals surface area contributed by atoms with Crippen LogP contribution in [-0.2, 0) is 19.3 Å². The van der Waals surface area contributed by atoms with Gasteiger partial charge < -0.3 is 10.2 Å². The van der Waals surface area contributed by atoms with Crippen LogP contribution in [-0.4, -0.2) is 34.4 Å². The number of hydrogen-bond acceptors (Lipinski definition) is 5. The van der Waals surface area contributed by atoms with Crippen molar-refractivity contribution in [3.8, 4) is 0 Å². The molecule has 0 fully saturated rings. The lowest BCUT2D eigenvalue weighted by Crippen LogP contribution is -2.48. The van der Waals surface area contributed by atoms with Gasteiger partial charge in [0.05, 0.1) is 5.69 Å². The van der Waals surface area contributed by atoms with E-state index in [0.717, 1.165) is 21.2 Å². The van der Waals surface area contributed by atoms with E-state index in [2.05, 4.69) is 32.9 Å². The zero-order chi connectivity index (χ0) is 18.4. The molecule has 25 heavy (non-hydrogen) atoms. The molecule has 1 aromatic rings. The van der Waals surface area contributed by atoms with Crippen LogP contribution in [0.4, 0.5) is 5.69 Å². The van der Waals surface area contributed by atoms with Gasteiger partial charge in [-0.1, -0.05) is 22.0 Å². The maximum absolute atomic E-state index is 13.3. The molecular weight excluding hydrogens is 408 g/mol. The number of amidine groups is 1. The molecule has 3 rings (SSSR count). The molecule has 2 heterocycles. The van der Waals surface area contributed by atoms with Crippen molar-refractivity contribution in [2.45, 2.75) is 18.7 Å². The quantitative estimate of drug-likeness (QED) is 0.740. The van der Waals surface area contributed by atoms with E-state index in [-0.39, 0.29) is 17.0 Å². The monoisotopic (exact) mass is 422 g/mol. The Morgan fingerprint density at radius 1 is 1.44 bits per heavy atom. The number of carbonyl (C=O) groups is 3. The highest BCUT2D eigenvalue weighted by atomic mass is 79.9.